The fourth-order valence-corrected chi connectivity index (χ4v) is 5.08. The number of carbonyl (C=O) groups is 1. The van der Waals surface area contributed by atoms with Crippen molar-refractivity contribution in [1.82, 2.24) is 14.2 Å². The number of sulfonamides is 1. The third kappa shape index (κ3) is 5.83. The summed E-state index contributed by atoms with van der Waals surface area (Å²) in [5, 5.41) is 9.77. The van der Waals surface area contributed by atoms with Crippen molar-refractivity contribution in [2.75, 3.05) is 33.9 Å². The molecule has 1 aliphatic heterocycles. The van der Waals surface area contributed by atoms with Crippen LogP contribution in [0.1, 0.15) is 36.7 Å². The van der Waals surface area contributed by atoms with Crippen LogP contribution >= 0.6 is 0 Å². The Kier molecular flexibility index (Phi) is 8.52. The van der Waals surface area contributed by atoms with Crippen molar-refractivity contribution in [1.29, 1.82) is 0 Å². The molecule has 0 unspecified atom stereocenters. The number of amides is 1. The minimum Gasteiger partial charge on any atom is -0.497 e. The molecule has 2 aromatic rings. The largest absolute Gasteiger partial charge is 0.497 e. The van der Waals surface area contributed by atoms with E-state index in [1.165, 1.54) is 30.6 Å². The number of carbonyl (C=O) groups excluding carboxylic acids is 1. The summed E-state index contributed by atoms with van der Waals surface area (Å²) in [5.74, 6) is 0.174. The first-order valence-electron chi connectivity index (χ1n) is 11.4. The van der Waals surface area contributed by atoms with Crippen LogP contribution in [0.4, 0.5) is 0 Å². The molecule has 0 radical (unpaired) electrons. The molecular formula is C25H33N3O6S. The summed E-state index contributed by atoms with van der Waals surface area (Å²) in [5.41, 5.74) is 1.02. The van der Waals surface area contributed by atoms with Gasteiger partial charge in [-0.2, -0.15) is 4.31 Å². The minimum atomic E-state index is -3.80. The van der Waals surface area contributed by atoms with E-state index in [4.69, 9.17) is 9.47 Å². The number of hydrogen-bond donors (Lipinski definition) is 1. The van der Waals surface area contributed by atoms with Crippen LogP contribution < -0.4 is 9.47 Å². The number of nitrogens with zero attached hydrogens (tertiary/aromatic N) is 3. The van der Waals surface area contributed by atoms with Gasteiger partial charge in [0.25, 0.3) is 5.91 Å². The normalized spacial score (nSPS) is 19.7. The van der Waals surface area contributed by atoms with Crippen molar-refractivity contribution in [3.8, 4) is 11.6 Å². The Morgan fingerprint density at radius 3 is 2.63 bits per heavy atom. The molecule has 9 nitrogen and oxygen atoms in total. The van der Waals surface area contributed by atoms with Gasteiger partial charge in [-0.25, -0.2) is 13.4 Å². The van der Waals surface area contributed by atoms with Crippen molar-refractivity contribution in [3.63, 3.8) is 0 Å². The first-order valence-corrected chi connectivity index (χ1v) is 12.9. The van der Waals surface area contributed by atoms with E-state index < -0.39 is 22.2 Å². The summed E-state index contributed by atoms with van der Waals surface area (Å²) in [6, 6.07) is 7.46. The molecule has 1 amide bonds. The van der Waals surface area contributed by atoms with Crippen LogP contribution in [-0.2, 0) is 10.0 Å². The molecule has 1 aromatic carbocycles. The molecule has 2 heterocycles. The smallest absolute Gasteiger partial charge is 0.259 e. The second kappa shape index (κ2) is 11.2. The molecule has 35 heavy (non-hydrogen) atoms. The molecule has 0 bridgehead atoms. The van der Waals surface area contributed by atoms with Crippen LogP contribution in [0, 0.1) is 5.92 Å². The van der Waals surface area contributed by atoms with Crippen molar-refractivity contribution < 1.29 is 27.8 Å². The molecule has 3 rings (SSSR count). The van der Waals surface area contributed by atoms with Crippen LogP contribution in [0.15, 0.2) is 47.5 Å². The molecule has 0 fully saturated rings. The SMILES string of the molecule is C/C=C/c1cnc2c(c1)C(=O)N([C@H](C)CO)C[C@H](C)[C@H](CN(C)S(=O)(=O)c1ccc(OC)cc1)O2. The summed E-state index contributed by atoms with van der Waals surface area (Å²) in [7, 11) is -0.784. The highest BCUT2D eigenvalue weighted by atomic mass is 32.2. The van der Waals surface area contributed by atoms with E-state index in [0.29, 0.717) is 5.75 Å². The summed E-state index contributed by atoms with van der Waals surface area (Å²) in [6.45, 7) is 5.66. The molecule has 10 heteroatoms. The zero-order chi connectivity index (χ0) is 25.8. The number of likely N-dealkylation sites (N-methyl/N-ethyl adjacent to an activating group) is 1. The van der Waals surface area contributed by atoms with E-state index in [0.717, 1.165) is 5.56 Å². The van der Waals surface area contributed by atoms with Gasteiger partial charge in [0.2, 0.25) is 15.9 Å². The van der Waals surface area contributed by atoms with Gasteiger partial charge in [0.05, 0.1) is 31.2 Å². The van der Waals surface area contributed by atoms with Crippen molar-refractivity contribution in [2.24, 2.45) is 5.92 Å². The lowest BCUT2D eigenvalue weighted by atomic mass is 10.00. The lowest BCUT2D eigenvalue weighted by Crippen LogP contribution is -2.50. The van der Waals surface area contributed by atoms with Gasteiger partial charge in [0.15, 0.2) is 0 Å². The third-order valence-corrected chi connectivity index (χ3v) is 7.94. The monoisotopic (exact) mass is 503 g/mol. The predicted molar refractivity (Wildman–Crippen MR) is 133 cm³/mol. The summed E-state index contributed by atoms with van der Waals surface area (Å²) in [6.07, 6.45) is 4.69. The number of ether oxygens (including phenoxy) is 2. The molecule has 0 saturated carbocycles. The molecule has 0 saturated heterocycles. The van der Waals surface area contributed by atoms with Crippen LogP contribution in [-0.4, -0.2) is 79.6 Å². The molecule has 0 spiro atoms. The van der Waals surface area contributed by atoms with E-state index >= 15 is 0 Å². The zero-order valence-corrected chi connectivity index (χ0v) is 21.5. The average molecular weight is 504 g/mol. The maximum atomic E-state index is 13.4. The lowest BCUT2D eigenvalue weighted by molar-refractivity contribution is 0.0373. The molecule has 1 aliphatic rings. The number of methoxy groups -OCH3 is 1. The van der Waals surface area contributed by atoms with Gasteiger partial charge in [0.1, 0.15) is 17.4 Å². The summed E-state index contributed by atoms with van der Waals surface area (Å²) >= 11 is 0. The second-order valence-electron chi connectivity index (χ2n) is 8.71. The van der Waals surface area contributed by atoms with Gasteiger partial charge < -0.3 is 19.5 Å². The van der Waals surface area contributed by atoms with Gasteiger partial charge in [-0.15, -0.1) is 0 Å². The van der Waals surface area contributed by atoms with E-state index in [1.807, 2.05) is 26.0 Å². The number of aliphatic hydroxyl groups excluding tert-OH is 1. The second-order valence-corrected chi connectivity index (χ2v) is 10.8. The lowest BCUT2D eigenvalue weighted by Gasteiger charge is -2.37. The number of fused-ring (bicyclic) bond motifs is 1. The minimum absolute atomic E-state index is 0.0444. The Hall–Kier alpha value is -2.95. The first-order chi connectivity index (χ1) is 16.6. The summed E-state index contributed by atoms with van der Waals surface area (Å²) < 4.78 is 39.0. The van der Waals surface area contributed by atoms with Gasteiger partial charge in [-0.05, 0) is 49.7 Å². The fourth-order valence-electron chi connectivity index (χ4n) is 3.90. The van der Waals surface area contributed by atoms with Crippen LogP contribution in [0.2, 0.25) is 0 Å². The molecule has 3 atom stereocenters. The number of aromatic nitrogens is 1. The Labute approximate surface area is 207 Å². The van der Waals surface area contributed by atoms with Gasteiger partial charge in [-0.1, -0.05) is 19.1 Å². The molecule has 190 valence electrons. The number of pyridine rings is 1. The van der Waals surface area contributed by atoms with E-state index in [1.54, 1.807) is 36.2 Å². The van der Waals surface area contributed by atoms with E-state index in [-0.39, 0.29) is 47.9 Å². The van der Waals surface area contributed by atoms with Gasteiger partial charge in [0, 0.05) is 25.7 Å². The number of rotatable bonds is 8. The van der Waals surface area contributed by atoms with Gasteiger partial charge in [-0.3, -0.25) is 4.79 Å². The predicted octanol–water partition coefficient (Wildman–Crippen LogP) is 2.66. The highest BCUT2D eigenvalue weighted by Crippen LogP contribution is 2.28. The van der Waals surface area contributed by atoms with Crippen LogP contribution in [0.25, 0.3) is 6.08 Å². The topological polar surface area (TPSA) is 109 Å². The number of benzene rings is 1. The maximum absolute atomic E-state index is 13.4. The highest BCUT2D eigenvalue weighted by molar-refractivity contribution is 7.89. The highest BCUT2D eigenvalue weighted by Gasteiger charge is 2.35. The quantitative estimate of drug-likeness (QED) is 0.590. The third-order valence-electron chi connectivity index (χ3n) is 6.11. The Bertz CT molecular complexity index is 1170. The molecule has 0 aliphatic carbocycles. The van der Waals surface area contributed by atoms with Crippen molar-refractivity contribution in [3.05, 3.63) is 53.7 Å². The van der Waals surface area contributed by atoms with Crippen molar-refractivity contribution >= 4 is 22.0 Å². The number of hydrogen-bond acceptors (Lipinski definition) is 7. The zero-order valence-electron chi connectivity index (χ0n) is 20.7. The first kappa shape index (κ1) is 26.7. The van der Waals surface area contributed by atoms with E-state index in [2.05, 4.69) is 4.98 Å². The Morgan fingerprint density at radius 1 is 1.34 bits per heavy atom. The number of aliphatic hydroxyl groups is 1. The Morgan fingerprint density at radius 2 is 2.03 bits per heavy atom. The molecular weight excluding hydrogens is 470 g/mol. The summed E-state index contributed by atoms with van der Waals surface area (Å²) in [4.78, 5) is 19.5. The maximum Gasteiger partial charge on any atom is 0.259 e. The van der Waals surface area contributed by atoms with Gasteiger partial charge >= 0.3 is 0 Å². The fraction of sp³-hybridized carbons (Fsp3) is 0.440. The van der Waals surface area contributed by atoms with Crippen molar-refractivity contribution in [2.45, 2.75) is 37.8 Å². The molecule has 1 N–H and O–H groups in total. The Balaban J connectivity index is 1.95. The standard InChI is InChI=1S/C25H33N3O6S/c1-6-7-19-12-22-24(26-13-19)34-23(17(2)14-28(25(22)30)18(3)16-29)15-27(4)35(31,32)21-10-8-20(33-5)9-11-21/h6-13,17-18,23,29H,14-16H2,1-5H3/b7-6+/t17-,18+,23-/m0/s1. The average Bonchev–Trinajstić information content (AvgIpc) is 2.86. The van der Waals surface area contributed by atoms with E-state index in [9.17, 15) is 18.3 Å². The van der Waals surface area contributed by atoms with Crippen LogP contribution in [0.3, 0.4) is 0 Å². The van der Waals surface area contributed by atoms with Crippen LogP contribution in [0.5, 0.6) is 11.6 Å². The molecule has 1 aromatic heterocycles. The number of allylic oxidation sites excluding steroid dienone is 1.